The highest BCUT2D eigenvalue weighted by Crippen LogP contribution is 2.27. The van der Waals surface area contributed by atoms with Crippen LogP contribution in [0.15, 0.2) is 12.4 Å². The summed E-state index contributed by atoms with van der Waals surface area (Å²) >= 11 is 0. The third-order valence-electron chi connectivity index (χ3n) is 3.29. The molecular weight excluding hydrogens is 242 g/mol. The van der Waals surface area contributed by atoms with Crippen LogP contribution in [-0.4, -0.2) is 34.4 Å². The molecule has 2 atom stereocenters. The Kier molecular flexibility index (Phi) is 3.94. The zero-order valence-corrected chi connectivity index (χ0v) is 12.1. The molecule has 1 aliphatic rings. The molecule has 1 aromatic rings. The number of carbonyl (C=O) groups is 1. The predicted octanol–water partition coefficient (Wildman–Crippen LogP) is 1.45. The lowest BCUT2D eigenvalue weighted by molar-refractivity contribution is -0.160. The Labute approximate surface area is 114 Å². The molecule has 0 unspecified atom stereocenters. The molecule has 2 rings (SSSR count). The Morgan fingerprint density at radius 2 is 2.21 bits per heavy atom. The summed E-state index contributed by atoms with van der Waals surface area (Å²) in [5.74, 6) is 0.159. The second kappa shape index (κ2) is 5.33. The van der Waals surface area contributed by atoms with Gasteiger partial charge in [-0.1, -0.05) is 0 Å². The summed E-state index contributed by atoms with van der Waals surface area (Å²) in [6, 6.07) is 0. The lowest BCUT2D eigenvalue weighted by atomic mass is 9.87. The molecule has 1 aromatic heterocycles. The Morgan fingerprint density at radius 3 is 2.79 bits per heavy atom. The molecule has 1 fully saturated rings. The van der Waals surface area contributed by atoms with Gasteiger partial charge in [0.05, 0.1) is 12.1 Å². The number of hydrogen-bond donors (Lipinski definition) is 1. The number of nitrogens with zero attached hydrogens (tertiary/aromatic N) is 2. The van der Waals surface area contributed by atoms with E-state index in [0.29, 0.717) is 12.5 Å². The van der Waals surface area contributed by atoms with E-state index in [0.717, 1.165) is 13.0 Å². The summed E-state index contributed by atoms with van der Waals surface area (Å²) in [6.07, 6.45) is 4.72. The molecule has 2 heterocycles. The molecule has 0 amide bonds. The molecule has 1 aliphatic heterocycles. The van der Waals surface area contributed by atoms with Crippen molar-refractivity contribution in [2.24, 2.45) is 13.0 Å². The van der Waals surface area contributed by atoms with Gasteiger partial charge in [-0.25, -0.2) is 0 Å². The summed E-state index contributed by atoms with van der Waals surface area (Å²) < 4.78 is 7.26. The minimum atomic E-state index is -0.418. The molecule has 5 nitrogen and oxygen atoms in total. The fourth-order valence-corrected chi connectivity index (χ4v) is 2.41. The van der Waals surface area contributed by atoms with Crippen molar-refractivity contribution in [3.63, 3.8) is 0 Å². The summed E-state index contributed by atoms with van der Waals surface area (Å²) in [4.78, 5) is 12.1. The van der Waals surface area contributed by atoms with E-state index in [9.17, 15) is 4.79 Å². The van der Waals surface area contributed by atoms with Crippen LogP contribution in [0.2, 0.25) is 0 Å². The summed E-state index contributed by atoms with van der Waals surface area (Å²) in [5.41, 5.74) is 0.765. The van der Waals surface area contributed by atoms with Gasteiger partial charge in [0.15, 0.2) is 0 Å². The largest absolute Gasteiger partial charge is 0.460 e. The number of esters is 1. The number of piperidine rings is 1. The molecule has 5 heteroatoms. The van der Waals surface area contributed by atoms with Crippen molar-refractivity contribution in [3.05, 3.63) is 18.0 Å². The molecular formula is C14H23N3O2. The van der Waals surface area contributed by atoms with E-state index in [4.69, 9.17) is 4.74 Å². The molecule has 0 spiro atoms. The van der Waals surface area contributed by atoms with Crippen LogP contribution >= 0.6 is 0 Å². The first-order chi connectivity index (χ1) is 8.85. The third kappa shape index (κ3) is 3.80. The number of ether oxygens (including phenoxy) is 1. The number of rotatable bonds is 2. The van der Waals surface area contributed by atoms with Crippen LogP contribution in [0.4, 0.5) is 0 Å². The van der Waals surface area contributed by atoms with E-state index in [1.54, 1.807) is 4.68 Å². The Bertz CT molecular complexity index is 448. The average molecular weight is 265 g/mol. The van der Waals surface area contributed by atoms with Crippen molar-refractivity contribution in [2.45, 2.75) is 38.7 Å². The molecule has 19 heavy (non-hydrogen) atoms. The standard InChI is InChI=1S/C14H23N3O2/c1-14(2,3)19-13(18)11-5-10(6-15-7-11)12-8-16-17(4)9-12/h8-11,15H,5-7H2,1-4H3/t10-,11+/m1/s1. The smallest absolute Gasteiger partial charge is 0.310 e. The first-order valence-electron chi connectivity index (χ1n) is 6.77. The van der Waals surface area contributed by atoms with Gasteiger partial charge in [-0.3, -0.25) is 9.48 Å². The lowest BCUT2D eigenvalue weighted by Gasteiger charge is -2.30. The summed E-state index contributed by atoms with van der Waals surface area (Å²) in [7, 11) is 1.91. The summed E-state index contributed by atoms with van der Waals surface area (Å²) in [6.45, 7) is 7.30. The van der Waals surface area contributed by atoms with Crippen LogP contribution in [0.5, 0.6) is 0 Å². The van der Waals surface area contributed by atoms with Crippen molar-refractivity contribution in [2.75, 3.05) is 13.1 Å². The maximum Gasteiger partial charge on any atom is 0.310 e. The lowest BCUT2D eigenvalue weighted by Crippen LogP contribution is -2.41. The molecule has 0 saturated carbocycles. The SMILES string of the molecule is Cn1cc([C@H]2CNC[C@@H](C(=O)OC(C)(C)C)C2)cn1. The number of carbonyl (C=O) groups excluding carboxylic acids is 1. The quantitative estimate of drug-likeness (QED) is 0.822. The highest BCUT2D eigenvalue weighted by atomic mass is 16.6. The van der Waals surface area contributed by atoms with Crippen molar-refractivity contribution >= 4 is 5.97 Å². The van der Waals surface area contributed by atoms with Crippen molar-refractivity contribution in [1.82, 2.24) is 15.1 Å². The predicted molar refractivity (Wildman–Crippen MR) is 72.8 cm³/mol. The molecule has 0 aromatic carbocycles. The third-order valence-corrected chi connectivity index (χ3v) is 3.29. The van der Waals surface area contributed by atoms with Crippen molar-refractivity contribution in [3.8, 4) is 0 Å². The zero-order valence-electron chi connectivity index (χ0n) is 12.1. The molecule has 0 bridgehead atoms. The highest BCUT2D eigenvalue weighted by Gasteiger charge is 2.31. The van der Waals surface area contributed by atoms with Gasteiger partial charge in [0, 0.05) is 32.3 Å². The van der Waals surface area contributed by atoms with Gasteiger partial charge in [-0.05, 0) is 32.8 Å². The van der Waals surface area contributed by atoms with E-state index in [1.807, 2.05) is 40.2 Å². The molecule has 1 N–H and O–H groups in total. The number of aromatic nitrogens is 2. The number of aryl methyl sites for hydroxylation is 1. The fraction of sp³-hybridized carbons (Fsp3) is 0.714. The van der Waals surface area contributed by atoms with E-state index >= 15 is 0 Å². The van der Waals surface area contributed by atoms with Gasteiger partial charge < -0.3 is 10.1 Å². The Hall–Kier alpha value is -1.36. The summed E-state index contributed by atoms with van der Waals surface area (Å²) in [5, 5.41) is 7.52. The second-order valence-corrected chi connectivity index (χ2v) is 6.27. The molecule has 1 saturated heterocycles. The first kappa shape index (κ1) is 14.1. The minimum Gasteiger partial charge on any atom is -0.460 e. The molecule has 0 aliphatic carbocycles. The number of hydrogen-bond acceptors (Lipinski definition) is 4. The first-order valence-corrected chi connectivity index (χ1v) is 6.77. The normalized spacial score (nSPS) is 24.2. The van der Waals surface area contributed by atoms with Crippen molar-refractivity contribution in [1.29, 1.82) is 0 Å². The van der Waals surface area contributed by atoms with E-state index in [2.05, 4.69) is 10.4 Å². The van der Waals surface area contributed by atoms with Gasteiger partial charge in [-0.2, -0.15) is 5.10 Å². The minimum absolute atomic E-state index is 0.0711. The van der Waals surface area contributed by atoms with Crippen LogP contribution in [-0.2, 0) is 16.6 Å². The van der Waals surface area contributed by atoms with Gasteiger partial charge in [0.25, 0.3) is 0 Å². The van der Waals surface area contributed by atoms with Gasteiger partial charge in [0.1, 0.15) is 5.60 Å². The number of nitrogens with one attached hydrogen (secondary N) is 1. The Morgan fingerprint density at radius 1 is 1.47 bits per heavy atom. The molecule has 106 valence electrons. The van der Waals surface area contributed by atoms with Gasteiger partial charge in [0.2, 0.25) is 0 Å². The van der Waals surface area contributed by atoms with E-state index in [1.165, 1.54) is 5.56 Å². The monoisotopic (exact) mass is 265 g/mol. The zero-order chi connectivity index (χ0) is 14.0. The van der Waals surface area contributed by atoms with Crippen LogP contribution in [0.25, 0.3) is 0 Å². The van der Waals surface area contributed by atoms with Crippen LogP contribution in [0.3, 0.4) is 0 Å². The van der Waals surface area contributed by atoms with E-state index < -0.39 is 5.60 Å². The molecule has 0 radical (unpaired) electrons. The van der Waals surface area contributed by atoms with Gasteiger partial charge >= 0.3 is 5.97 Å². The highest BCUT2D eigenvalue weighted by molar-refractivity contribution is 5.73. The van der Waals surface area contributed by atoms with Crippen LogP contribution < -0.4 is 5.32 Å². The van der Waals surface area contributed by atoms with Crippen LogP contribution in [0.1, 0.15) is 38.7 Å². The second-order valence-electron chi connectivity index (χ2n) is 6.27. The fourth-order valence-electron chi connectivity index (χ4n) is 2.41. The van der Waals surface area contributed by atoms with Crippen molar-refractivity contribution < 1.29 is 9.53 Å². The van der Waals surface area contributed by atoms with E-state index in [-0.39, 0.29) is 11.9 Å². The van der Waals surface area contributed by atoms with Crippen LogP contribution in [0, 0.1) is 5.92 Å². The topological polar surface area (TPSA) is 56.2 Å². The van der Waals surface area contributed by atoms with Gasteiger partial charge in [-0.15, -0.1) is 0 Å². The average Bonchev–Trinajstić information content (AvgIpc) is 2.74. The Balaban J connectivity index is 1.99. The maximum absolute atomic E-state index is 12.1. The maximum atomic E-state index is 12.1.